The number of hydrogen-bond donors (Lipinski definition) is 0. The molecular weight excluding hydrogens is 364 g/mol. The van der Waals surface area contributed by atoms with Gasteiger partial charge in [0.2, 0.25) is 0 Å². The van der Waals surface area contributed by atoms with E-state index in [0.717, 1.165) is 45.9 Å². The van der Waals surface area contributed by atoms with Crippen LogP contribution in [0, 0.1) is 0 Å². The van der Waals surface area contributed by atoms with Crippen molar-refractivity contribution in [3.05, 3.63) is 59.1 Å². The topological polar surface area (TPSA) is 50.3 Å². The van der Waals surface area contributed by atoms with Crippen molar-refractivity contribution in [3.8, 4) is 0 Å². The fraction of sp³-hybridized carbons (Fsp3) is 0.300. The zero-order valence-corrected chi connectivity index (χ0v) is 16.2. The summed E-state index contributed by atoms with van der Waals surface area (Å²) in [6.07, 6.45) is 4.72. The lowest BCUT2D eigenvalue weighted by Gasteiger charge is -2.34. The molecule has 1 aromatic heterocycles. The van der Waals surface area contributed by atoms with Gasteiger partial charge in [0.05, 0.1) is 16.3 Å². The van der Waals surface area contributed by atoms with Gasteiger partial charge in [-0.05, 0) is 55.7 Å². The highest BCUT2D eigenvalue weighted by atomic mass is 32.2. The van der Waals surface area contributed by atoms with Crippen LogP contribution in [0.4, 0.5) is 0 Å². The highest BCUT2D eigenvalue weighted by Gasteiger charge is 2.30. The van der Waals surface area contributed by atoms with Crippen molar-refractivity contribution >= 4 is 38.3 Å². The summed E-state index contributed by atoms with van der Waals surface area (Å²) in [5.74, 6) is 0.0300. The summed E-state index contributed by atoms with van der Waals surface area (Å²) in [7, 11) is -1.03. The number of amides is 1. The molecule has 6 heteroatoms. The van der Waals surface area contributed by atoms with E-state index < -0.39 is 10.8 Å². The Bertz CT molecular complexity index is 932. The quantitative estimate of drug-likeness (QED) is 0.672. The van der Waals surface area contributed by atoms with Crippen LogP contribution in [0.2, 0.25) is 0 Å². The number of carbonyl (C=O) groups excluding carboxylic acids is 1. The number of fused-ring (bicyclic) bond motifs is 1. The zero-order valence-electron chi connectivity index (χ0n) is 14.6. The SMILES string of the molecule is CS(=O)c1ccc(C(=O)N2CCCCC2c2nc3ccccc3s2)cc1. The molecule has 1 aliphatic heterocycles. The number of aromatic nitrogens is 1. The van der Waals surface area contributed by atoms with Gasteiger partial charge >= 0.3 is 0 Å². The van der Waals surface area contributed by atoms with E-state index in [1.54, 1.807) is 41.9 Å². The third kappa shape index (κ3) is 3.31. The van der Waals surface area contributed by atoms with Crippen LogP contribution in [0.25, 0.3) is 10.2 Å². The minimum Gasteiger partial charge on any atom is -0.329 e. The van der Waals surface area contributed by atoms with Crippen LogP contribution in [-0.2, 0) is 10.8 Å². The molecule has 0 aliphatic carbocycles. The standard InChI is InChI=1S/C20H20N2O2S2/c1-26(24)15-11-9-14(10-12-15)20(23)22-13-5-4-7-17(22)19-21-16-6-2-3-8-18(16)25-19/h2-3,6,8-12,17H,4-5,7,13H2,1H3. The first-order chi connectivity index (χ1) is 12.6. The molecule has 2 atom stereocenters. The lowest BCUT2D eigenvalue weighted by Crippen LogP contribution is -2.38. The average Bonchev–Trinajstić information content (AvgIpc) is 3.11. The molecule has 0 N–H and O–H groups in total. The van der Waals surface area contributed by atoms with Crippen molar-refractivity contribution < 1.29 is 9.00 Å². The van der Waals surface area contributed by atoms with E-state index in [0.29, 0.717) is 5.56 Å². The second kappa shape index (κ2) is 7.29. The van der Waals surface area contributed by atoms with E-state index in [1.165, 1.54) is 0 Å². The fourth-order valence-electron chi connectivity index (χ4n) is 3.42. The molecule has 4 rings (SSSR count). The monoisotopic (exact) mass is 384 g/mol. The molecule has 1 fully saturated rings. The second-order valence-corrected chi connectivity index (χ2v) is 8.95. The predicted octanol–water partition coefficient (Wildman–Crippen LogP) is 4.40. The van der Waals surface area contributed by atoms with E-state index in [1.807, 2.05) is 23.1 Å². The Balaban J connectivity index is 1.64. The number of piperidine rings is 1. The van der Waals surface area contributed by atoms with Crippen molar-refractivity contribution in [1.82, 2.24) is 9.88 Å². The summed E-state index contributed by atoms with van der Waals surface area (Å²) >= 11 is 1.68. The van der Waals surface area contributed by atoms with Crippen molar-refractivity contribution in [2.75, 3.05) is 12.8 Å². The van der Waals surface area contributed by atoms with Crippen molar-refractivity contribution in [3.63, 3.8) is 0 Å². The summed E-state index contributed by atoms with van der Waals surface area (Å²) in [6, 6.07) is 15.3. The molecule has 3 aromatic rings. The van der Waals surface area contributed by atoms with Crippen LogP contribution >= 0.6 is 11.3 Å². The maximum absolute atomic E-state index is 13.1. The molecule has 1 saturated heterocycles. The Kier molecular flexibility index (Phi) is 4.87. The summed E-state index contributed by atoms with van der Waals surface area (Å²) in [5, 5.41) is 1.02. The van der Waals surface area contributed by atoms with Crippen LogP contribution < -0.4 is 0 Å². The van der Waals surface area contributed by atoms with E-state index in [4.69, 9.17) is 4.98 Å². The molecule has 134 valence electrons. The van der Waals surface area contributed by atoms with Crippen molar-refractivity contribution in [2.45, 2.75) is 30.2 Å². The third-order valence-electron chi connectivity index (χ3n) is 4.79. The van der Waals surface area contributed by atoms with E-state index >= 15 is 0 Å². The normalized spacial score (nSPS) is 18.8. The average molecular weight is 385 g/mol. The zero-order chi connectivity index (χ0) is 18.1. The summed E-state index contributed by atoms with van der Waals surface area (Å²) < 4.78 is 12.7. The maximum atomic E-state index is 13.1. The Morgan fingerprint density at radius 1 is 1.15 bits per heavy atom. The Morgan fingerprint density at radius 3 is 2.65 bits per heavy atom. The van der Waals surface area contributed by atoms with E-state index in [9.17, 15) is 9.00 Å². The van der Waals surface area contributed by atoms with Gasteiger partial charge in [0.25, 0.3) is 5.91 Å². The number of rotatable bonds is 3. The number of nitrogens with zero attached hydrogens (tertiary/aromatic N) is 2. The minimum atomic E-state index is -1.03. The first kappa shape index (κ1) is 17.4. The predicted molar refractivity (Wildman–Crippen MR) is 106 cm³/mol. The van der Waals surface area contributed by atoms with Gasteiger partial charge in [-0.3, -0.25) is 9.00 Å². The first-order valence-electron chi connectivity index (χ1n) is 8.73. The molecule has 26 heavy (non-hydrogen) atoms. The highest BCUT2D eigenvalue weighted by molar-refractivity contribution is 7.84. The van der Waals surface area contributed by atoms with Gasteiger partial charge < -0.3 is 4.90 Å². The molecular formula is C20H20N2O2S2. The Hall–Kier alpha value is -2.05. The molecule has 0 spiro atoms. The van der Waals surface area contributed by atoms with Crippen molar-refractivity contribution in [2.24, 2.45) is 0 Å². The number of hydrogen-bond acceptors (Lipinski definition) is 4. The molecule has 2 aromatic carbocycles. The molecule has 2 heterocycles. The molecule has 2 unspecified atom stereocenters. The summed E-state index contributed by atoms with van der Waals surface area (Å²) in [4.78, 5) is 20.6. The number of thiazole rings is 1. The van der Waals surface area contributed by atoms with Crippen LogP contribution in [0.5, 0.6) is 0 Å². The summed E-state index contributed by atoms with van der Waals surface area (Å²) in [6.45, 7) is 0.751. The Morgan fingerprint density at radius 2 is 1.92 bits per heavy atom. The minimum absolute atomic E-state index is 0.0300. The van der Waals surface area contributed by atoms with Gasteiger partial charge in [-0.2, -0.15) is 0 Å². The molecule has 0 bridgehead atoms. The summed E-state index contributed by atoms with van der Waals surface area (Å²) in [5.41, 5.74) is 1.65. The van der Waals surface area contributed by atoms with E-state index in [2.05, 4.69) is 6.07 Å². The molecule has 1 amide bonds. The van der Waals surface area contributed by atoms with E-state index in [-0.39, 0.29) is 11.9 Å². The molecule has 1 aliphatic rings. The maximum Gasteiger partial charge on any atom is 0.254 e. The van der Waals surface area contributed by atoms with Crippen LogP contribution in [0.3, 0.4) is 0 Å². The van der Waals surface area contributed by atoms with Crippen LogP contribution in [0.1, 0.15) is 40.7 Å². The van der Waals surface area contributed by atoms with Gasteiger partial charge in [-0.25, -0.2) is 4.98 Å². The molecule has 0 saturated carbocycles. The number of para-hydroxylation sites is 1. The van der Waals surface area contributed by atoms with Gasteiger partial charge in [0, 0.05) is 34.1 Å². The lowest BCUT2D eigenvalue weighted by atomic mass is 10.0. The number of carbonyl (C=O) groups is 1. The number of likely N-dealkylation sites (tertiary alicyclic amines) is 1. The third-order valence-corrected chi connectivity index (χ3v) is 6.87. The van der Waals surface area contributed by atoms with Gasteiger partial charge in [-0.1, -0.05) is 12.1 Å². The fourth-order valence-corrected chi connectivity index (χ4v) is 5.05. The largest absolute Gasteiger partial charge is 0.329 e. The van der Waals surface area contributed by atoms with Crippen molar-refractivity contribution in [1.29, 1.82) is 0 Å². The van der Waals surface area contributed by atoms with Crippen LogP contribution in [0.15, 0.2) is 53.4 Å². The van der Waals surface area contributed by atoms with Crippen LogP contribution in [-0.4, -0.2) is 32.8 Å². The van der Waals surface area contributed by atoms with Gasteiger partial charge in [0.1, 0.15) is 5.01 Å². The Labute approximate surface area is 159 Å². The second-order valence-electron chi connectivity index (χ2n) is 6.51. The van der Waals surface area contributed by atoms with Gasteiger partial charge in [-0.15, -0.1) is 11.3 Å². The molecule has 4 nitrogen and oxygen atoms in total. The van der Waals surface area contributed by atoms with Gasteiger partial charge in [0.15, 0.2) is 0 Å². The highest BCUT2D eigenvalue weighted by Crippen LogP contribution is 2.36. The smallest absolute Gasteiger partial charge is 0.254 e. The number of benzene rings is 2. The lowest BCUT2D eigenvalue weighted by molar-refractivity contribution is 0.0611. The first-order valence-corrected chi connectivity index (χ1v) is 11.1. The molecule has 0 radical (unpaired) electrons.